The quantitative estimate of drug-likeness (QED) is 0.712. The van der Waals surface area contributed by atoms with Crippen LogP contribution in [0.5, 0.6) is 11.5 Å². The largest absolute Gasteiger partial charge is 0.507 e. The zero-order chi connectivity index (χ0) is 16.8. The Morgan fingerprint density at radius 2 is 1.58 bits per heavy atom. The highest BCUT2D eigenvalue weighted by Crippen LogP contribution is 2.32. The Morgan fingerprint density at radius 1 is 0.917 bits per heavy atom. The SMILES string of the molecule is COc1ccc(C(NCc2ccccc2)c2ccccc2)c(O)c1. The van der Waals surface area contributed by atoms with Crippen LogP contribution < -0.4 is 10.1 Å². The van der Waals surface area contributed by atoms with Gasteiger partial charge in [0.15, 0.2) is 0 Å². The maximum Gasteiger partial charge on any atom is 0.124 e. The predicted molar refractivity (Wildman–Crippen MR) is 96.2 cm³/mol. The lowest BCUT2D eigenvalue weighted by atomic mass is 9.97. The second-order valence-electron chi connectivity index (χ2n) is 5.63. The first kappa shape index (κ1) is 16.1. The molecule has 1 atom stereocenters. The molecule has 3 aromatic rings. The molecule has 0 radical (unpaired) electrons. The standard InChI is InChI=1S/C21H21NO2/c1-24-18-12-13-19(20(23)14-18)21(17-10-6-3-7-11-17)22-15-16-8-4-2-5-9-16/h2-14,21-23H,15H2,1H3. The summed E-state index contributed by atoms with van der Waals surface area (Å²) in [4.78, 5) is 0. The lowest BCUT2D eigenvalue weighted by Gasteiger charge is -2.21. The monoisotopic (exact) mass is 319 g/mol. The van der Waals surface area contributed by atoms with Crippen LogP contribution in [0.4, 0.5) is 0 Å². The van der Waals surface area contributed by atoms with Crippen molar-refractivity contribution in [2.45, 2.75) is 12.6 Å². The summed E-state index contributed by atoms with van der Waals surface area (Å²) < 4.78 is 5.18. The van der Waals surface area contributed by atoms with E-state index < -0.39 is 0 Å². The van der Waals surface area contributed by atoms with E-state index in [-0.39, 0.29) is 11.8 Å². The second-order valence-corrected chi connectivity index (χ2v) is 5.63. The maximum atomic E-state index is 10.4. The van der Waals surface area contributed by atoms with Crippen LogP contribution in [0.1, 0.15) is 22.7 Å². The van der Waals surface area contributed by atoms with Crippen molar-refractivity contribution in [2.75, 3.05) is 7.11 Å². The molecule has 3 aromatic carbocycles. The van der Waals surface area contributed by atoms with Gasteiger partial charge in [0.25, 0.3) is 0 Å². The molecule has 122 valence electrons. The zero-order valence-electron chi connectivity index (χ0n) is 13.6. The second kappa shape index (κ2) is 7.66. The van der Waals surface area contributed by atoms with Crippen molar-refractivity contribution in [1.82, 2.24) is 5.32 Å². The van der Waals surface area contributed by atoms with Crippen LogP contribution in [0.25, 0.3) is 0 Å². The molecule has 0 fully saturated rings. The Kier molecular flexibility index (Phi) is 5.14. The van der Waals surface area contributed by atoms with Crippen molar-refractivity contribution in [3.8, 4) is 11.5 Å². The first-order valence-electron chi connectivity index (χ1n) is 7.97. The van der Waals surface area contributed by atoms with Gasteiger partial charge >= 0.3 is 0 Å². The highest BCUT2D eigenvalue weighted by molar-refractivity contribution is 5.45. The molecule has 0 saturated carbocycles. The Hall–Kier alpha value is -2.78. The van der Waals surface area contributed by atoms with Gasteiger partial charge in [-0.15, -0.1) is 0 Å². The summed E-state index contributed by atoms with van der Waals surface area (Å²) in [5.41, 5.74) is 3.14. The van der Waals surface area contributed by atoms with Crippen molar-refractivity contribution in [2.24, 2.45) is 0 Å². The van der Waals surface area contributed by atoms with Gasteiger partial charge in [-0.2, -0.15) is 0 Å². The van der Waals surface area contributed by atoms with E-state index in [1.165, 1.54) is 5.56 Å². The van der Waals surface area contributed by atoms with Crippen LogP contribution >= 0.6 is 0 Å². The van der Waals surface area contributed by atoms with Gasteiger partial charge in [-0.3, -0.25) is 0 Å². The Balaban J connectivity index is 1.90. The minimum Gasteiger partial charge on any atom is -0.507 e. The number of ether oxygens (including phenoxy) is 1. The molecular formula is C21H21NO2. The molecule has 0 heterocycles. The first-order valence-corrected chi connectivity index (χ1v) is 7.97. The number of rotatable bonds is 6. The fourth-order valence-corrected chi connectivity index (χ4v) is 2.76. The van der Waals surface area contributed by atoms with E-state index in [2.05, 4.69) is 29.6 Å². The van der Waals surface area contributed by atoms with Crippen molar-refractivity contribution in [3.63, 3.8) is 0 Å². The topological polar surface area (TPSA) is 41.5 Å². The van der Waals surface area contributed by atoms with Gasteiger partial charge in [0.2, 0.25) is 0 Å². The van der Waals surface area contributed by atoms with Gasteiger partial charge in [-0.1, -0.05) is 60.7 Å². The highest BCUT2D eigenvalue weighted by Gasteiger charge is 2.17. The number of phenolic OH excluding ortho intramolecular Hbond substituents is 1. The average molecular weight is 319 g/mol. The van der Waals surface area contributed by atoms with Crippen LogP contribution in [0.3, 0.4) is 0 Å². The fourth-order valence-electron chi connectivity index (χ4n) is 2.76. The van der Waals surface area contributed by atoms with E-state index in [4.69, 9.17) is 4.74 Å². The highest BCUT2D eigenvalue weighted by atomic mass is 16.5. The molecule has 3 rings (SSSR count). The Morgan fingerprint density at radius 3 is 2.21 bits per heavy atom. The predicted octanol–water partition coefficient (Wildman–Crippen LogP) is 4.28. The molecule has 0 aliphatic carbocycles. The Bertz CT molecular complexity index is 772. The molecule has 2 N–H and O–H groups in total. The number of methoxy groups -OCH3 is 1. The minimum absolute atomic E-state index is 0.0997. The van der Waals surface area contributed by atoms with Gasteiger partial charge in [0, 0.05) is 18.2 Å². The molecule has 0 amide bonds. The van der Waals surface area contributed by atoms with Crippen molar-refractivity contribution in [3.05, 3.63) is 95.6 Å². The number of benzene rings is 3. The van der Waals surface area contributed by atoms with Crippen LogP contribution in [0.2, 0.25) is 0 Å². The molecular weight excluding hydrogens is 298 g/mol. The van der Waals surface area contributed by atoms with Crippen molar-refractivity contribution in [1.29, 1.82) is 0 Å². The molecule has 3 nitrogen and oxygen atoms in total. The molecule has 0 aliphatic rings. The summed E-state index contributed by atoms with van der Waals surface area (Å²) in [5.74, 6) is 0.870. The number of hydrogen-bond donors (Lipinski definition) is 2. The molecule has 0 spiro atoms. The number of phenols is 1. The van der Waals surface area contributed by atoms with E-state index in [1.807, 2.05) is 48.5 Å². The first-order chi connectivity index (χ1) is 11.8. The third-order valence-electron chi connectivity index (χ3n) is 4.03. The Labute approximate surface area is 142 Å². The average Bonchev–Trinajstić information content (AvgIpc) is 2.64. The van der Waals surface area contributed by atoms with Crippen LogP contribution in [0.15, 0.2) is 78.9 Å². The van der Waals surface area contributed by atoms with E-state index in [0.29, 0.717) is 12.3 Å². The molecule has 24 heavy (non-hydrogen) atoms. The number of nitrogens with one attached hydrogen (secondary N) is 1. The minimum atomic E-state index is -0.0997. The number of aromatic hydroxyl groups is 1. The lowest BCUT2D eigenvalue weighted by Crippen LogP contribution is -2.22. The third-order valence-corrected chi connectivity index (χ3v) is 4.03. The summed E-state index contributed by atoms with van der Waals surface area (Å²) in [5, 5.41) is 14.0. The van der Waals surface area contributed by atoms with Crippen molar-refractivity contribution < 1.29 is 9.84 Å². The lowest BCUT2D eigenvalue weighted by molar-refractivity contribution is 0.404. The van der Waals surface area contributed by atoms with Crippen LogP contribution in [0, 0.1) is 0 Å². The molecule has 0 bridgehead atoms. The van der Waals surface area contributed by atoms with Crippen molar-refractivity contribution >= 4 is 0 Å². The molecule has 0 aliphatic heterocycles. The normalized spacial score (nSPS) is 11.9. The number of hydrogen-bond acceptors (Lipinski definition) is 3. The summed E-state index contributed by atoms with van der Waals surface area (Å²) in [7, 11) is 1.59. The summed E-state index contributed by atoms with van der Waals surface area (Å²) in [6, 6.07) is 25.7. The molecule has 0 aromatic heterocycles. The third kappa shape index (κ3) is 3.76. The van der Waals surface area contributed by atoms with Crippen LogP contribution in [-0.4, -0.2) is 12.2 Å². The maximum absolute atomic E-state index is 10.4. The fraction of sp³-hybridized carbons (Fsp3) is 0.143. The summed E-state index contributed by atoms with van der Waals surface area (Å²) in [6.45, 7) is 0.714. The van der Waals surface area contributed by atoms with Gasteiger partial charge in [0.05, 0.1) is 13.2 Å². The van der Waals surface area contributed by atoms with E-state index in [9.17, 15) is 5.11 Å². The zero-order valence-corrected chi connectivity index (χ0v) is 13.6. The van der Waals surface area contributed by atoms with Gasteiger partial charge in [-0.05, 0) is 23.3 Å². The van der Waals surface area contributed by atoms with Gasteiger partial charge in [0.1, 0.15) is 11.5 Å². The van der Waals surface area contributed by atoms with Gasteiger partial charge < -0.3 is 15.2 Å². The van der Waals surface area contributed by atoms with E-state index in [1.54, 1.807) is 13.2 Å². The molecule has 0 saturated heterocycles. The summed E-state index contributed by atoms with van der Waals surface area (Å²) in [6.07, 6.45) is 0. The smallest absolute Gasteiger partial charge is 0.124 e. The van der Waals surface area contributed by atoms with Gasteiger partial charge in [-0.25, -0.2) is 0 Å². The molecule has 1 unspecified atom stereocenters. The summed E-state index contributed by atoms with van der Waals surface area (Å²) >= 11 is 0. The van der Waals surface area contributed by atoms with E-state index in [0.717, 1.165) is 11.1 Å². The van der Waals surface area contributed by atoms with Crippen LogP contribution in [-0.2, 0) is 6.54 Å². The van der Waals surface area contributed by atoms with E-state index >= 15 is 0 Å². The molecule has 3 heteroatoms.